The summed E-state index contributed by atoms with van der Waals surface area (Å²) in [5, 5.41) is 3.03. The number of halogens is 1. The molecule has 3 rings (SSSR count). The summed E-state index contributed by atoms with van der Waals surface area (Å²) in [4.78, 5) is 6.39. The zero-order valence-electron chi connectivity index (χ0n) is 8.88. The fourth-order valence-corrected chi connectivity index (χ4v) is 2.86. The average molecular weight is 308 g/mol. The maximum Gasteiger partial charge on any atom is 0.124 e. The van der Waals surface area contributed by atoms with Crippen LogP contribution in [0.15, 0.2) is 45.2 Å². The summed E-state index contributed by atoms with van der Waals surface area (Å²) in [6, 6.07) is 10.1. The molecular formula is C12H10BrN3S. The van der Waals surface area contributed by atoms with Crippen LogP contribution in [0.5, 0.6) is 0 Å². The lowest BCUT2D eigenvalue weighted by molar-refractivity contribution is 0.754. The molecule has 3 nitrogen and oxygen atoms in total. The van der Waals surface area contributed by atoms with E-state index in [0.29, 0.717) is 0 Å². The molecule has 1 aromatic heterocycles. The summed E-state index contributed by atoms with van der Waals surface area (Å²) in [7, 11) is 0. The Bertz CT molecular complexity index is 561. The standard InChI is InChI=1S/C12H10BrN3S/c13-8-1-3-9(4-2-8)16-7-15-12-10(11(16)14)5-6-17-12/h1-7,11H,14H2. The number of nitrogens with zero attached hydrogens (tertiary/aromatic N) is 2. The zero-order valence-corrected chi connectivity index (χ0v) is 11.3. The molecule has 0 saturated heterocycles. The Labute approximate surface area is 112 Å². The maximum absolute atomic E-state index is 6.23. The van der Waals surface area contributed by atoms with Crippen LogP contribution < -0.4 is 10.6 Å². The van der Waals surface area contributed by atoms with Crippen molar-refractivity contribution in [2.24, 2.45) is 10.7 Å². The molecule has 1 aliphatic heterocycles. The van der Waals surface area contributed by atoms with Gasteiger partial charge in [-0.25, -0.2) is 4.99 Å². The van der Waals surface area contributed by atoms with E-state index in [1.54, 1.807) is 17.7 Å². The van der Waals surface area contributed by atoms with Crippen LogP contribution in [-0.4, -0.2) is 6.34 Å². The largest absolute Gasteiger partial charge is 0.312 e. The second kappa shape index (κ2) is 4.25. The van der Waals surface area contributed by atoms with Gasteiger partial charge >= 0.3 is 0 Å². The van der Waals surface area contributed by atoms with Gasteiger partial charge in [0.05, 0.1) is 6.34 Å². The smallest absolute Gasteiger partial charge is 0.124 e. The third-order valence-electron chi connectivity index (χ3n) is 2.72. The molecule has 0 saturated carbocycles. The normalized spacial score (nSPS) is 18.2. The minimum atomic E-state index is -0.157. The number of rotatable bonds is 1. The van der Waals surface area contributed by atoms with Crippen molar-refractivity contribution < 1.29 is 0 Å². The van der Waals surface area contributed by atoms with Gasteiger partial charge in [0.15, 0.2) is 0 Å². The minimum Gasteiger partial charge on any atom is -0.312 e. The predicted molar refractivity (Wildman–Crippen MR) is 76.0 cm³/mol. The lowest BCUT2D eigenvalue weighted by Gasteiger charge is -2.29. The van der Waals surface area contributed by atoms with E-state index in [-0.39, 0.29) is 6.17 Å². The van der Waals surface area contributed by atoms with Crippen molar-refractivity contribution in [3.8, 4) is 0 Å². The van der Waals surface area contributed by atoms with Gasteiger partial charge in [0.25, 0.3) is 0 Å². The summed E-state index contributed by atoms with van der Waals surface area (Å²) in [5.74, 6) is 0. The van der Waals surface area contributed by atoms with Crippen molar-refractivity contribution in [1.82, 2.24) is 0 Å². The van der Waals surface area contributed by atoms with Crippen LogP contribution in [0.3, 0.4) is 0 Å². The van der Waals surface area contributed by atoms with Crippen molar-refractivity contribution in [2.75, 3.05) is 4.90 Å². The monoisotopic (exact) mass is 307 g/mol. The number of fused-ring (bicyclic) bond motifs is 1. The molecular weight excluding hydrogens is 298 g/mol. The Morgan fingerprint density at radius 3 is 2.76 bits per heavy atom. The molecule has 0 bridgehead atoms. The van der Waals surface area contributed by atoms with Gasteiger partial charge in [-0.3, -0.25) is 0 Å². The van der Waals surface area contributed by atoms with Gasteiger partial charge in [0.1, 0.15) is 11.2 Å². The lowest BCUT2D eigenvalue weighted by Crippen LogP contribution is -2.34. The number of thiophene rings is 1. The van der Waals surface area contributed by atoms with Crippen molar-refractivity contribution in [3.63, 3.8) is 0 Å². The van der Waals surface area contributed by atoms with E-state index in [9.17, 15) is 0 Å². The van der Waals surface area contributed by atoms with Crippen LogP contribution in [-0.2, 0) is 0 Å². The van der Waals surface area contributed by atoms with E-state index >= 15 is 0 Å². The fraction of sp³-hybridized carbons (Fsp3) is 0.0833. The first-order valence-corrected chi connectivity index (χ1v) is 6.84. The second-order valence-corrected chi connectivity index (χ2v) is 5.56. The summed E-state index contributed by atoms with van der Waals surface area (Å²) in [6.07, 6.45) is 1.64. The summed E-state index contributed by atoms with van der Waals surface area (Å²) >= 11 is 5.04. The Morgan fingerprint density at radius 1 is 1.24 bits per heavy atom. The molecule has 1 atom stereocenters. The highest BCUT2D eigenvalue weighted by Gasteiger charge is 2.22. The Hall–Kier alpha value is -1.17. The van der Waals surface area contributed by atoms with E-state index in [2.05, 4.69) is 20.9 Å². The van der Waals surface area contributed by atoms with Gasteiger partial charge in [-0.05, 0) is 35.7 Å². The fourth-order valence-electron chi connectivity index (χ4n) is 1.82. The van der Waals surface area contributed by atoms with Crippen molar-refractivity contribution in [3.05, 3.63) is 45.7 Å². The van der Waals surface area contributed by atoms with Crippen LogP contribution >= 0.6 is 27.3 Å². The second-order valence-electron chi connectivity index (χ2n) is 3.75. The lowest BCUT2D eigenvalue weighted by atomic mass is 10.2. The number of hydrogen-bond donors (Lipinski definition) is 1. The molecule has 0 radical (unpaired) electrons. The third-order valence-corrected chi connectivity index (χ3v) is 4.08. The zero-order chi connectivity index (χ0) is 11.8. The van der Waals surface area contributed by atoms with Gasteiger partial charge in [-0.2, -0.15) is 0 Å². The molecule has 86 valence electrons. The van der Waals surface area contributed by atoms with Crippen molar-refractivity contribution >= 4 is 44.3 Å². The molecule has 17 heavy (non-hydrogen) atoms. The van der Waals surface area contributed by atoms with E-state index in [0.717, 1.165) is 20.7 Å². The molecule has 2 N–H and O–H groups in total. The molecule has 2 heterocycles. The first kappa shape index (κ1) is 11.0. The molecule has 2 aromatic rings. The summed E-state index contributed by atoms with van der Waals surface area (Å²) < 4.78 is 1.06. The third kappa shape index (κ3) is 1.90. The molecule has 0 aliphatic carbocycles. The highest BCUT2D eigenvalue weighted by Crippen LogP contribution is 2.36. The SMILES string of the molecule is NC1c2ccsc2N=CN1c1ccc(Br)cc1. The van der Waals surface area contributed by atoms with Crippen molar-refractivity contribution in [2.45, 2.75) is 6.17 Å². The van der Waals surface area contributed by atoms with Gasteiger partial charge in [0.2, 0.25) is 0 Å². The Kier molecular flexibility index (Phi) is 2.74. The Morgan fingerprint density at radius 2 is 2.00 bits per heavy atom. The highest BCUT2D eigenvalue weighted by molar-refractivity contribution is 9.10. The molecule has 5 heteroatoms. The maximum atomic E-state index is 6.23. The van der Waals surface area contributed by atoms with Crippen molar-refractivity contribution in [1.29, 1.82) is 0 Å². The van der Waals surface area contributed by atoms with Gasteiger partial charge < -0.3 is 10.6 Å². The topological polar surface area (TPSA) is 41.6 Å². The minimum absolute atomic E-state index is 0.157. The van der Waals surface area contributed by atoms with Crippen LogP contribution in [0, 0.1) is 0 Å². The van der Waals surface area contributed by atoms with E-state index in [4.69, 9.17) is 5.73 Å². The number of nitrogens with two attached hydrogens (primary N) is 1. The van der Waals surface area contributed by atoms with Gasteiger partial charge in [-0.15, -0.1) is 11.3 Å². The van der Waals surface area contributed by atoms with Crippen LogP contribution in [0.25, 0.3) is 0 Å². The number of anilines is 1. The molecule has 0 amide bonds. The van der Waals surface area contributed by atoms with Crippen LogP contribution in [0.1, 0.15) is 11.7 Å². The predicted octanol–water partition coefficient (Wildman–Crippen LogP) is 3.65. The summed E-state index contributed by atoms with van der Waals surface area (Å²) in [6.45, 7) is 0. The Balaban J connectivity index is 1.98. The number of benzene rings is 1. The number of hydrogen-bond acceptors (Lipinski definition) is 4. The van der Waals surface area contributed by atoms with E-state index in [1.165, 1.54) is 0 Å². The number of aliphatic imine (C=N–C) groups is 1. The molecule has 1 unspecified atom stereocenters. The highest BCUT2D eigenvalue weighted by atomic mass is 79.9. The average Bonchev–Trinajstić information content (AvgIpc) is 2.80. The first-order chi connectivity index (χ1) is 8.25. The van der Waals surface area contributed by atoms with E-state index in [1.807, 2.05) is 40.6 Å². The van der Waals surface area contributed by atoms with Gasteiger partial charge in [-0.1, -0.05) is 15.9 Å². The quantitative estimate of drug-likeness (QED) is 0.874. The van der Waals surface area contributed by atoms with Gasteiger partial charge in [0, 0.05) is 15.7 Å². The molecule has 0 fully saturated rings. The molecule has 1 aromatic carbocycles. The van der Waals surface area contributed by atoms with Crippen LogP contribution in [0.2, 0.25) is 0 Å². The molecule has 0 spiro atoms. The van der Waals surface area contributed by atoms with Crippen LogP contribution in [0.4, 0.5) is 10.7 Å². The summed E-state index contributed by atoms with van der Waals surface area (Å²) in [5.41, 5.74) is 8.36. The molecule has 1 aliphatic rings. The first-order valence-electron chi connectivity index (χ1n) is 5.17. The van der Waals surface area contributed by atoms with E-state index < -0.39 is 0 Å².